The zero-order valence-electron chi connectivity index (χ0n) is 15.9. The first kappa shape index (κ1) is 19.3. The smallest absolute Gasteiger partial charge is 0.231 e. The average molecular weight is 447 g/mol. The van der Waals surface area contributed by atoms with Crippen LogP contribution in [0.5, 0.6) is 0 Å². The molecule has 0 aliphatic heterocycles. The summed E-state index contributed by atoms with van der Waals surface area (Å²) in [5.74, 6) is -0.966. The fraction of sp³-hybridized carbons (Fsp3) is 0.263. The zero-order chi connectivity index (χ0) is 21.0. The topological polar surface area (TPSA) is 88.0 Å². The average Bonchev–Trinajstić information content (AvgIpc) is 3.12. The molecule has 5 rings (SSSR count). The highest BCUT2D eigenvalue weighted by molar-refractivity contribution is 7.99. The second-order valence-corrected chi connectivity index (χ2v) is 8.56. The van der Waals surface area contributed by atoms with Gasteiger partial charge in [0.2, 0.25) is 5.91 Å². The number of aromatic amines is 1. The Morgan fingerprint density at radius 1 is 1.27 bits per heavy atom. The van der Waals surface area contributed by atoms with Gasteiger partial charge in [0.1, 0.15) is 6.17 Å². The van der Waals surface area contributed by atoms with Crippen molar-refractivity contribution in [3.63, 3.8) is 0 Å². The fourth-order valence-corrected chi connectivity index (χ4v) is 4.88. The number of carbonyl (C=O) groups is 1. The summed E-state index contributed by atoms with van der Waals surface area (Å²) < 4.78 is 30.0. The Morgan fingerprint density at radius 2 is 2.03 bits per heavy atom. The van der Waals surface area contributed by atoms with Crippen LogP contribution in [-0.2, 0) is 4.79 Å². The molecule has 1 aliphatic rings. The summed E-state index contributed by atoms with van der Waals surface area (Å²) in [5.41, 5.74) is 2.32. The van der Waals surface area contributed by atoms with Crippen LogP contribution in [-0.4, -0.2) is 49.2 Å². The third-order valence-corrected chi connectivity index (χ3v) is 6.65. The van der Waals surface area contributed by atoms with Gasteiger partial charge in [-0.05, 0) is 18.9 Å². The molecule has 154 valence electrons. The summed E-state index contributed by atoms with van der Waals surface area (Å²) in [6.45, 7) is 0. The van der Waals surface area contributed by atoms with Crippen LogP contribution < -0.4 is 5.32 Å². The van der Waals surface area contributed by atoms with E-state index in [0.29, 0.717) is 38.0 Å². The number of hydrogen-bond acceptors (Lipinski definition) is 6. The van der Waals surface area contributed by atoms with Crippen LogP contribution in [0.4, 0.5) is 14.6 Å². The number of halogens is 2. The highest BCUT2D eigenvalue weighted by Gasteiger charge is 2.43. The van der Waals surface area contributed by atoms with E-state index >= 15 is 4.39 Å². The number of benzene rings is 1. The molecule has 2 N–H and O–H groups in total. The first-order valence-corrected chi connectivity index (χ1v) is 11.5. The first-order valence-electron chi connectivity index (χ1n) is 9.08. The third kappa shape index (κ3) is 3.03. The molecule has 1 amide bonds. The summed E-state index contributed by atoms with van der Waals surface area (Å²) >= 11 is 2.63. The Kier molecular flexibility index (Phi) is 4.66. The summed E-state index contributed by atoms with van der Waals surface area (Å²) in [4.78, 5) is 21.8. The van der Waals surface area contributed by atoms with E-state index in [1.807, 2.05) is 12.5 Å². The van der Waals surface area contributed by atoms with Crippen LogP contribution in [0.25, 0.3) is 27.8 Å². The molecule has 1 aromatic carbocycles. The van der Waals surface area contributed by atoms with Gasteiger partial charge in [-0.3, -0.25) is 14.9 Å². The van der Waals surface area contributed by atoms with Gasteiger partial charge >= 0.3 is 0 Å². The number of thioether (sulfide) groups is 2. The lowest BCUT2D eigenvalue weighted by Gasteiger charge is -2.13. The maximum absolute atomic E-state index is 15.2. The molecule has 4 aromatic rings. The number of H-pyrrole nitrogens is 1. The van der Waals surface area contributed by atoms with Crippen molar-refractivity contribution in [3.8, 4) is 11.3 Å². The van der Waals surface area contributed by atoms with Gasteiger partial charge < -0.3 is 9.72 Å². The molecule has 1 saturated carbocycles. The molecule has 30 heavy (non-hydrogen) atoms. The van der Waals surface area contributed by atoms with Gasteiger partial charge in [-0.2, -0.15) is 5.10 Å². The summed E-state index contributed by atoms with van der Waals surface area (Å²) in [7, 11) is 0. The second-order valence-electron chi connectivity index (χ2n) is 6.93. The van der Waals surface area contributed by atoms with Crippen LogP contribution in [0.3, 0.4) is 0 Å². The molecule has 2 atom stereocenters. The fourth-order valence-electron chi connectivity index (χ4n) is 3.47. The number of anilines is 1. The van der Waals surface area contributed by atoms with Crippen LogP contribution in [0.1, 0.15) is 6.42 Å². The number of fused-ring (bicyclic) bond motifs is 2. The van der Waals surface area contributed by atoms with Gasteiger partial charge in [-0.25, -0.2) is 13.8 Å². The number of hydrogen-bond donors (Lipinski definition) is 2. The molecule has 1 fully saturated rings. The third-order valence-electron chi connectivity index (χ3n) is 5.07. The highest BCUT2D eigenvalue weighted by atomic mass is 32.2. The lowest BCUT2D eigenvalue weighted by atomic mass is 10.1. The normalized spacial score (nSPS) is 18.3. The number of amides is 1. The highest BCUT2D eigenvalue weighted by Crippen LogP contribution is 2.42. The molecule has 2 unspecified atom stereocenters. The number of carbonyl (C=O) groups excluding carboxylic acids is 1. The lowest BCUT2D eigenvalue weighted by molar-refractivity contribution is -0.117. The van der Waals surface area contributed by atoms with Gasteiger partial charge in [-0.1, -0.05) is 0 Å². The minimum Gasteiger partial charge on any atom is -0.309 e. The molecule has 0 spiro atoms. The van der Waals surface area contributed by atoms with Crippen molar-refractivity contribution in [2.24, 2.45) is 5.92 Å². The summed E-state index contributed by atoms with van der Waals surface area (Å²) in [6, 6.07) is 0. The van der Waals surface area contributed by atoms with Crippen molar-refractivity contribution < 1.29 is 13.6 Å². The monoisotopic (exact) mass is 446 g/mol. The van der Waals surface area contributed by atoms with Crippen molar-refractivity contribution in [1.29, 1.82) is 0 Å². The largest absolute Gasteiger partial charge is 0.309 e. The second kappa shape index (κ2) is 7.24. The Balaban J connectivity index is 1.60. The van der Waals surface area contributed by atoms with Gasteiger partial charge in [0, 0.05) is 17.1 Å². The molecule has 0 radical (unpaired) electrons. The van der Waals surface area contributed by atoms with Gasteiger partial charge in [0.15, 0.2) is 17.3 Å². The van der Waals surface area contributed by atoms with E-state index in [0.717, 1.165) is 5.39 Å². The van der Waals surface area contributed by atoms with Crippen LogP contribution >= 0.6 is 23.5 Å². The molecular weight excluding hydrogens is 430 g/mol. The van der Waals surface area contributed by atoms with E-state index in [1.165, 1.54) is 23.5 Å². The zero-order valence-corrected chi connectivity index (χ0v) is 17.6. The SMILES string of the molecule is CSc1c(F)c(SC)c2[nH]ncc2c1-c1cn2cc(NC(=O)C3CC3F)nc2cn1. The van der Waals surface area contributed by atoms with E-state index < -0.39 is 12.1 Å². The first-order chi connectivity index (χ1) is 14.5. The van der Waals surface area contributed by atoms with Gasteiger partial charge in [0.05, 0.1) is 45.5 Å². The van der Waals surface area contributed by atoms with E-state index in [9.17, 15) is 9.18 Å². The molecule has 11 heteroatoms. The minimum absolute atomic E-state index is 0.251. The molecule has 1 aliphatic carbocycles. The number of nitrogens with zero attached hydrogens (tertiary/aromatic N) is 4. The van der Waals surface area contributed by atoms with E-state index in [2.05, 4.69) is 25.5 Å². The Bertz CT molecular complexity index is 1300. The van der Waals surface area contributed by atoms with Crippen LogP contribution in [0.15, 0.2) is 34.6 Å². The van der Waals surface area contributed by atoms with Crippen molar-refractivity contribution >= 4 is 51.8 Å². The molecular formula is C19H16F2N6OS2. The maximum Gasteiger partial charge on any atom is 0.231 e. The van der Waals surface area contributed by atoms with Crippen molar-refractivity contribution in [2.45, 2.75) is 22.4 Å². The molecule has 3 heterocycles. The Morgan fingerprint density at radius 3 is 2.73 bits per heavy atom. The predicted octanol–water partition coefficient (Wildman–Crippen LogP) is 4.15. The molecule has 3 aromatic heterocycles. The van der Waals surface area contributed by atoms with Gasteiger partial charge in [0.25, 0.3) is 0 Å². The number of alkyl halides is 1. The Hall–Kier alpha value is -2.66. The molecule has 0 saturated heterocycles. The summed E-state index contributed by atoms with van der Waals surface area (Å²) in [6.07, 6.45) is 9.39. The quantitative estimate of drug-likeness (QED) is 0.448. The molecule has 7 nitrogen and oxygen atoms in total. The van der Waals surface area contributed by atoms with Crippen LogP contribution in [0.2, 0.25) is 0 Å². The number of nitrogens with one attached hydrogen (secondary N) is 2. The number of rotatable bonds is 5. The predicted molar refractivity (Wildman–Crippen MR) is 113 cm³/mol. The minimum atomic E-state index is -1.07. The van der Waals surface area contributed by atoms with Gasteiger partial charge in [-0.15, -0.1) is 23.5 Å². The number of imidazole rings is 1. The lowest BCUT2D eigenvalue weighted by Crippen LogP contribution is -2.15. The van der Waals surface area contributed by atoms with Crippen molar-refractivity contribution in [1.82, 2.24) is 24.6 Å². The van der Waals surface area contributed by atoms with Crippen molar-refractivity contribution in [2.75, 3.05) is 17.8 Å². The molecule has 0 bridgehead atoms. The standard InChI is InChI=1S/C19H16F2N6OS2/c1-29-17-14(9-4-23-26-16(9)18(30-2)15(17)21)11-6-27-7-12(24-13(27)5-22-11)25-19(28)8-3-10(8)20/h4-8,10H,3H2,1-2H3,(H,23,26)(H,25,28). The number of aromatic nitrogens is 5. The van der Waals surface area contributed by atoms with Crippen LogP contribution in [0, 0.1) is 11.7 Å². The summed E-state index contributed by atoms with van der Waals surface area (Å²) in [5, 5.41) is 10.4. The van der Waals surface area contributed by atoms with Crippen molar-refractivity contribution in [3.05, 3.63) is 30.6 Å². The van der Waals surface area contributed by atoms with E-state index in [4.69, 9.17) is 0 Å². The Labute approximate surface area is 178 Å². The van der Waals surface area contributed by atoms with E-state index in [-0.39, 0.29) is 18.1 Å². The maximum atomic E-state index is 15.2. The van der Waals surface area contributed by atoms with E-state index in [1.54, 1.807) is 29.2 Å².